The molecule has 1 spiro atoms. The van der Waals surface area contributed by atoms with E-state index < -0.39 is 52.8 Å². The molecule has 4 N–H and O–H groups in total. The fraction of sp³-hybridized carbons (Fsp3) is 0.667. The normalized spacial score (nSPS) is 22.9. The third kappa shape index (κ3) is 8.76. The lowest BCUT2D eigenvalue weighted by atomic mass is 9.76. The number of Topliss-reactive ketones (excluding diaryl/α,β-unsaturated/α-hetero) is 1. The molecule has 246 valence electrons. The van der Waals surface area contributed by atoms with E-state index in [1.807, 2.05) is 32.0 Å². The zero-order valence-corrected chi connectivity index (χ0v) is 26.9. The molecular weight excluding hydrogens is 600 g/mol. The topological polar surface area (TPSA) is 152 Å². The molecule has 1 aromatic carbocycles. The summed E-state index contributed by atoms with van der Waals surface area (Å²) in [7, 11) is 0. The molecule has 0 aromatic heterocycles. The van der Waals surface area contributed by atoms with Crippen molar-refractivity contribution in [1.82, 2.24) is 21.3 Å². The van der Waals surface area contributed by atoms with Crippen LogP contribution in [-0.4, -0.2) is 72.1 Å². The van der Waals surface area contributed by atoms with Gasteiger partial charge < -0.3 is 30.7 Å². The lowest BCUT2D eigenvalue weighted by molar-refractivity contribution is -0.141. The highest BCUT2D eigenvalue weighted by molar-refractivity contribution is 6.38. The molecule has 2 heterocycles. The Balaban J connectivity index is 1.26. The van der Waals surface area contributed by atoms with E-state index in [0.717, 1.165) is 24.8 Å². The summed E-state index contributed by atoms with van der Waals surface area (Å²) in [6, 6.07) is 5.15. The van der Waals surface area contributed by atoms with Gasteiger partial charge >= 0.3 is 6.09 Å². The molecule has 5 rings (SSSR count). The van der Waals surface area contributed by atoms with Crippen LogP contribution in [0.5, 0.6) is 0 Å². The van der Waals surface area contributed by atoms with Gasteiger partial charge in [0.25, 0.3) is 5.91 Å². The second-order valence-electron chi connectivity index (χ2n) is 13.8. The first-order chi connectivity index (χ1) is 21.4. The average molecular weight is 645 g/mol. The van der Waals surface area contributed by atoms with Gasteiger partial charge in [-0.2, -0.15) is 0 Å². The summed E-state index contributed by atoms with van der Waals surface area (Å²) in [5.41, 5.74) is -0.138. The smallest absolute Gasteiger partial charge is 0.408 e. The zero-order chi connectivity index (χ0) is 32.2. The number of hydrogen-bond acceptors (Lipinski definition) is 7. The molecule has 2 saturated carbocycles. The standard InChI is InChI=1S/C33H45ClN4O7/c1-20(2)15-26(37-31(43)45-33(9-4-10-33)18-21-5-3-6-23(34)16-21)29(41)36-25(27(39)30(42)35-24-7-8-24)17-22-19-32(38-28(22)40)11-13-44-14-12-32/h3,5-6,16,20,22,24-26H,4,7-15,17-19H2,1-2H3,(H,35,42)(H,36,41)(H,37,43)(H,38,40)/t22?,25-,26-/m0/s1. The van der Waals surface area contributed by atoms with Crippen LogP contribution in [0.1, 0.15) is 83.6 Å². The van der Waals surface area contributed by atoms with Crippen molar-refractivity contribution in [2.45, 2.75) is 114 Å². The molecule has 4 amide bonds. The third-order valence-corrected chi connectivity index (χ3v) is 9.68. The van der Waals surface area contributed by atoms with Gasteiger partial charge in [-0.1, -0.05) is 37.6 Å². The van der Waals surface area contributed by atoms with Gasteiger partial charge in [0.15, 0.2) is 0 Å². The minimum Gasteiger partial charge on any atom is -0.443 e. The van der Waals surface area contributed by atoms with Crippen molar-refractivity contribution in [3.63, 3.8) is 0 Å². The molecule has 1 unspecified atom stereocenters. The van der Waals surface area contributed by atoms with E-state index in [-0.39, 0.29) is 30.7 Å². The molecule has 11 nitrogen and oxygen atoms in total. The lowest BCUT2D eigenvalue weighted by Crippen LogP contribution is -2.56. The van der Waals surface area contributed by atoms with Crippen LogP contribution in [0.2, 0.25) is 5.02 Å². The maximum absolute atomic E-state index is 13.7. The number of carbonyl (C=O) groups is 5. The summed E-state index contributed by atoms with van der Waals surface area (Å²) in [6.07, 6.45) is 5.79. The Morgan fingerprint density at radius 1 is 1.07 bits per heavy atom. The van der Waals surface area contributed by atoms with Crippen LogP contribution in [-0.2, 0) is 35.1 Å². The second-order valence-corrected chi connectivity index (χ2v) is 14.2. The Labute approximate surface area is 269 Å². The number of hydrogen-bond donors (Lipinski definition) is 4. The van der Waals surface area contributed by atoms with Gasteiger partial charge in [-0.25, -0.2) is 4.79 Å². The number of amides is 4. The lowest BCUT2D eigenvalue weighted by Gasteiger charge is -2.41. The van der Waals surface area contributed by atoms with E-state index >= 15 is 0 Å². The SMILES string of the molecule is CC(C)C[C@H](NC(=O)OC1(Cc2cccc(Cl)c2)CCC1)C(=O)N[C@@H](CC1CC2(CCOCC2)NC1=O)C(=O)C(=O)NC1CC1. The summed E-state index contributed by atoms with van der Waals surface area (Å²) in [4.78, 5) is 66.2. The summed E-state index contributed by atoms with van der Waals surface area (Å²) in [5.74, 6) is -2.91. The number of rotatable bonds is 13. The number of benzene rings is 1. The molecule has 12 heteroatoms. The largest absolute Gasteiger partial charge is 0.443 e. The molecule has 45 heavy (non-hydrogen) atoms. The van der Waals surface area contributed by atoms with Gasteiger partial charge in [0.2, 0.25) is 17.6 Å². The highest BCUT2D eigenvalue weighted by atomic mass is 35.5. The van der Waals surface area contributed by atoms with E-state index in [0.29, 0.717) is 56.8 Å². The van der Waals surface area contributed by atoms with Crippen molar-refractivity contribution in [3.8, 4) is 0 Å². The summed E-state index contributed by atoms with van der Waals surface area (Å²) in [6.45, 7) is 4.91. The van der Waals surface area contributed by atoms with Crippen molar-refractivity contribution in [3.05, 3.63) is 34.9 Å². The van der Waals surface area contributed by atoms with Crippen LogP contribution in [0, 0.1) is 11.8 Å². The number of carbonyl (C=O) groups excluding carboxylic acids is 5. The number of ketones is 1. The van der Waals surface area contributed by atoms with Crippen molar-refractivity contribution < 1.29 is 33.4 Å². The zero-order valence-electron chi connectivity index (χ0n) is 26.1. The average Bonchev–Trinajstić information content (AvgIpc) is 3.73. The molecule has 0 bridgehead atoms. The van der Waals surface area contributed by atoms with E-state index in [4.69, 9.17) is 21.1 Å². The van der Waals surface area contributed by atoms with E-state index in [1.165, 1.54) is 0 Å². The predicted octanol–water partition coefficient (Wildman–Crippen LogP) is 3.35. The molecule has 2 aliphatic heterocycles. The van der Waals surface area contributed by atoms with E-state index in [2.05, 4.69) is 21.3 Å². The number of alkyl carbamates (subject to hydrolysis) is 1. The van der Waals surface area contributed by atoms with Crippen molar-refractivity contribution >= 4 is 41.2 Å². The van der Waals surface area contributed by atoms with Crippen molar-refractivity contribution in [2.75, 3.05) is 13.2 Å². The fourth-order valence-corrected chi connectivity index (χ4v) is 6.88. The molecule has 4 fully saturated rings. The van der Waals surface area contributed by atoms with E-state index in [1.54, 1.807) is 6.07 Å². The highest BCUT2D eigenvalue weighted by Gasteiger charge is 2.47. The van der Waals surface area contributed by atoms with Gasteiger partial charge in [0, 0.05) is 42.2 Å². The summed E-state index contributed by atoms with van der Waals surface area (Å²) < 4.78 is 11.4. The Kier molecular flexibility index (Phi) is 10.4. The molecular formula is C33H45ClN4O7. The van der Waals surface area contributed by atoms with Gasteiger partial charge in [-0.3, -0.25) is 19.2 Å². The Hall–Kier alpha value is -3.18. The van der Waals surface area contributed by atoms with Crippen LogP contribution >= 0.6 is 11.6 Å². The second kappa shape index (κ2) is 14.1. The van der Waals surface area contributed by atoms with Gasteiger partial charge in [0.05, 0.1) is 6.04 Å². The first-order valence-electron chi connectivity index (χ1n) is 16.2. The molecule has 0 radical (unpaired) electrons. The molecule has 2 saturated heterocycles. The summed E-state index contributed by atoms with van der Waals surface area (Å²) in [5, 5.41) is 11.9. The molecule has 3 atom stereocenters. The third-order valence-electron chi connectivity index (χ3n) is 9.44. The predicted molar refractivity (Wildman–Crippen MR) is 166 cm³/mol. The van der Waals surface area contributed by atoms with Crippen molar-refractivity contribution in [1.29, 1.82) is 0 Å². The minimum absolute atomic E-state index is 0.0152. The van der Waals surface area contributed by atoms with E-state index in [9.17, 15) is 24.0 Å². The Bertz CT molecular complexity index is 1290. The monoisotopic (exact) mass is 644 g/mol. The fourth-order valence-electron chi connectivity index (χ4n) is 6.67. The number of halogens is 1. The minimum atomic E-state index is -1.23. The molecule has 1 aromatic rings. The van der Waals surface area contributed by atoms with Gasteiger partial charge in [0.1, 0.15) is 11.6 Å². The highest BCUT2D eigenvalue weighted by Crippen LogP contribution is 2.39. The Morgan fingerprint density at radius 2 is 1.80 bits per heavy atom. The Morgan fingerprint density at radius 3 is 2.42 bits per heavy atom. The summed E-state index contributed by atoms with van der Waals surface area (Å²) >= 11 is 6.16. The first-order valence-corrected chi connectivity index (χ1v) is 16.6. The maximum Gasteiger partial charge on any atom is 0.408 e. The van der Waals surface area contributed by atoms with Crippen molar-refractivity contribution in [2.24, 2.45) is 11.8 Å². The van der Waals surface area contributed by atoms with Crippen LogP contribution < -0.4 is 21.3 Å². The molecule has 2 aliphatic carbocycles. The molecule has 4 aliphatic rings. The number of nitrogens with one attached hydrogen (secondary N) is 4. The van der Waals surface area contributed by atoms with Crippen LogP contribution in [0.3, 0.4) is 0 Å². The first kappa shape index (κ1) is 33.2. The number of ether oxygens (including phenoxy) is 2. The van der Waals surface area contributed by atoms with Crippen LogP contribution in [0.25, 0.3) is 0 Å². The van der Waals surface area contributed by atoms with Crippen LogP contribution in [0.15, 0.2) is 24.3 Å². The van der Waals surface area contributed by atoms with Gasteiger partial charge in [-0.05, 0) is 87.8 Å². The van der Waals surface area contributed by atoms with Crippen LogP contribution in [0.4, 0.5) is 4.79 Å². The quantitative estimate of drug-likeness (QED) is 0.240. The maximum atomic E-state index is 13.7. The van der Waals surface area contributed by atoms with Gasteiger partial charge in [-0.15, -0.1) is 0 Å².